The molecule has 2 aromatic rings. The number of halogens is 1. The second kappa shape index (κ2) is 6.53. The highest BCUT2D eigenvalue weighted by Gasteiger charge is 2.12. The van der Waals surface area contributed by atoms with Gasteiger partial charge in [0.15, 0.2) is 0 Å². The molecule has 0 aliphatic heterocycles. The lowest BCUT2D eigenvalue weighted by Gasteiger charge is -2.17. The number of amides is 1. The Morgan fingerprint density at radius 3 is 2.70 bits per heavy atom. The second-order valence-electron chi connectivity index (χ2n) is 4.77. The summed E-state index contributed by atoms with van der Waals surface area (Å²) in [5.41, 5.74) is 3.43. The van der Waals surface area contributed by atoms with E-state index in [0.29, 0.717) is 18.0 Å². The van der Waals surface area contributed by atoms with E-state index in [1.54, 1.807) is 18.0 Å². The van der Waals surface area contributed by atoms with Crippen LogP contribution in [0.5, 0.6) is 0 Å². The maximum Gasteiger partial charge on any atom is 0.253 e. The molecule has 0 N–H and O–H groups in total. The second-order valence-corrected chi connectivity index (χ2v) is 5.03. The fourth-order valence-electron chi connectivity index (χ4n) is 2.01. The van der Waals surface area contributed by atoms with Gasteiger partial charge in [0, 0.05) is 24.2 Å². The van der Waals surface area contributed by atoms with Crippen LogP contribution < -0.4 is 0 Å². The molecular weight excluding hydrogens is 272 g/mol. The third-order valence-corrected chi connectivity index (χ3v) is 3.33. The summed E-state index contributed by atoms with van der Waals surface area (Å²) >= 11 is 5.80. The summed E-state index contributed by atoms with van der Waals surface area (Å²) in [4.78, 5) is 18.4. The number of benzene rings is 1. The van der Waals surface area contributed by atoms with E-state index in [9.17, 15) is 4.79 Å². The van der Waals surface area contributed by atoms with Crippen molar-refractivity contribution in [2.75, 3.05) is 7.05 Å². The number of aromatic nitrogens is 1. The van der Waals surface area contributed by atoms with Crippen LogP contribution in [0.3, 0.4) is 0 Å². The lowest BCUT2D eigenvalue weighted by Crippen LogP contribution is -2.26. The number of nitrogens with zero attached hydrogens (tertiary/aromatic N) is 2. The Morgan fingerprint density at radius 2 is 2.00 bits per heavy atom. The molecule has 0 aliphatic carbocycles. The molecule has 1 amide bonds. The van der Waals surface area contributed by atoms with Crippen molar-refractivity contribution < 1.29 is 4.79 Å². The molecule has 0 radical (unpaired) electrons. The lowest BCUT2D eigenvalue weighted by atomic mass is 10.1. The SMILES string of the molecule is Cc1cccc(CN(C)C(=O)c2cccc(CCl)c2)n1. The Balaban J connectivity index is 2.12. The van der Waals surface area contributed by atoms with Gasteiger partial charge in [-0.2, -0.15) is 0 Å². The Labute approximate surface area is 124 Å². The van der Waals surface area contributed by atoms with Crippen LogP contribution in [-0.2, 0) is 12.4 Å². The molecule has 0 unspecified atom stereocenters. The van der Waals surface area contributed by atoms with Gasteiger partial charge in [0.2, 0.25) is 0 Å². The highest BCUT2D eigenvalue weighted by atomic mass is 35.5. The molecule has 1 aromatic carbocycles. The van der Waals surface area contributed by atoms with Gasteiger partial charge in [-0.3, -0.25) is 9.78 Å². The van der Waals surface area contributed by atoms with Crippen molar-refractivity contribution in [3.05, 3.63) is 65.0 Å². The third kappa shape index (κ3) is 3.58. The Bertz CT molecular complexity index is 613. The van der Waals surface area contributed by atoms with Gasteiger partial charge < -0.3 is 4.90 Å². The van der Waals surface area contributed by atoms with Crippen LogP contribution in [0.2, 0.25) is 0 Å². The van der Waals surface area contributed by atoms with E-state index in [1.165, 1.54) is 0 Å². The monoisotopic (exact) mass is 288 g/mol. The summed E-state index contributed by atoms with van der Waals surface area (Å²) in [6.45, 7) is 2.43. The molecule has 0 atom stereocenters. The largest absolute Gasteiger partial charge is 0.336 e. The van der Waals surface area contributed by atoms with Gasteiger partial charge in [-0.15, -0.1) is 11.6 Å². The Kier molecular flexibility index (Phi) is 4.74. The maximum absolute atomic E-state index is 12.4. The molecule has 2 rings (SSSR count). The zero-order chi connectivity index (χ0) is 14.5. The van der Waals surface area contributed by atoms with E-state index in [-0.39, 0.29) is 5.91 Å². The average Bonchev–Trinajstić information content (AvgIpc) is 2.46. The average molecular weight is 289 g/mol. The first kappa shape index (κ1) is 14.5. The first-order valence-electron chi connectivity index (χ1n) is 6.43. The van der Waals surface area contributed by atoms with Gasteiger partial charge in [0.25, 0.3) is 5.91 Å². The summed E-state index contributed by atoms with van der Waals surface area (Å²) in [7, 11) is 1.78. The number of hydrogen-bond acceptors (Lipinski definition) is 2. The van der Waals surface area contributed by atoms with Crippen molar-refractivity contribution in [3.8, 4) is 0 Å². The molecule has 104 valence electrons. The minimum atomic E-state index is -0.0275. The topological polar surface area (TPSA) is 33.2 Å². The first-order chi connectivity index (χ1) is 9.60. The standard InChI is InChI=1S/C16H17ClN2O/c1-12-5-3-8-15(18-12)11-19(2)16(20)14-7-4-6-13(9-14)10-17/h3-9H,10-11H2,1-2H3. The van der Waals surface area contributed by atoms with Crippen molar-refractivity contribution >= 4 is 17.5 Å². The predicted octanol–water partition coefficient (Wildman–Crippen LogP) is 3.40. The van der Waals surface area contributed by atoms with Crippen LogP contribution in [0.15, 0.2) is 42.5 Å². The highest BCUT2D eigenvalue weighted by molar-refractivity contribution is 6.17. The molecule has 3 nitrogen and oxygen atoms in total. The first-order valence-corrected chi connectivity index (χ1v) is 6.96. The van der Waals surface area contributed by atoms with E-state index in [4.69, 9.17) is 11.6 Å². The minimum absolute atomic E-state index is 0.0275. The van der Waals surface area contributed by atoms with Gasteiger partial charge >= 0.3 is 0 Å². The zero-order valence-electron chi connectivity index (χ0n) is 11.6. The molecule has 4 heteroatoms. The molecule has 0 spiro atoms. The summed E-state index contributed by atoms with van der Waals surface area (Å²) in [5.74, 6) is 0.379. The fourth-order valence-corrected chi connectivity index (χ4v) is 2.18. The zero-order valence-corrected chi connectivity index (χ0v) is 12.4. The molecular formula is C16H17ClN2O. The van der Waals surface area contributed by atoms with Crippen molar-refractivity contribution in [1.29, 1.82) is 0 Å². The van der Waals surface area contributed by atoms with E-state index in [0.717, 1.165) is 17.0 Å². The molecule has 0 bridgehead atoms. The van der Waals surface area contributed by atoms with E-state index >= 15 is 0 Å². The van der Waals surface area contributed by atoms with E-state index in [2.05, 4.69) is 4.98 Å². The van der Waals surface area contributed by atoms with Crippen LogP contribution in [0.4, 0.5) is 0 Å². The highest BCUT2D eigenvalue weighted by Crippen LogP contribution is 2.11. The van der Waals surface area contributed by atoms with Crippen LogP contribution in [-0.4, -0.2) is 22.8 Å². The number of carbonyl (C=O) groups is 1. The van der Waals surface area contributed by atoms with E-state index < -0.39 is 0 Å². The van der Waals surface area contributed by atoms with Crippen molar-refractivity contribution in [1.82, 2.24) is 9.88 Å². The summed E-state index contributed by atoms with van der Waals surface area (Å²) in [6.07, 6.45) is 0. The summed E-state index contributed by atoms with van der Waals surface area (Å²) in [5, 5.41) is 0. The summed E-state index contributed by atoms with van der Waals surface area (Å²) in [6, 6.07) is 13.2. The lowest BCUT2D eigenvalue weighted by molar-refractivity contribution is 0.0783. The number of aryl methyl sites for hydroxylation is 1. The Morgan fingerprint density at radius 1 is 1.25 bits per heavy atom. The van der Waals surface area contributed by atoms with E-state index in [1.807, 2.05) is 43.3 Å². The van der Waals surface area contributed by atoms with Gasteiger partial charge in [-0.05, 0) is 36.8 Å². The molecule has 0 fully saturated rings. The number of carbonyl (C=O) groups excluding carboxylic acids is 1. The molecule has 0 saturated heterocycles. The predicted molar refractivity (Wildman–Crippen MR) is 80.8 cm³/mol. The summed E-state index contributed by atoms with van der Waals surface area (Å²) < 4.78 is 0. The number of hydrogen-bond donors (Lipinski definition) is 0. The van der Waals surface area contributed by atoms with Gasteiger partial charge in [-0.1, -0.05) is 18.2 Å². The Hall–Kier alpha value is -1.87. The number of pyridine rings is 1. The van der Waals surface area contributed by atoms with Gasteiger partial charge in [0.05, 0.1) is 12.2 Å². The molecule has 1 aromatic heterocycles. The fraction of sp³-hybridized carbons (Fsp3) is 0.250. The number of alkyl halides is 1. The third-order valence-electron chi connectivity index (χ3n) is 3.02. The van der Waals surface area contributed by atoms with Crippen LogP contribution >= 0.6 is 11.6 Å². The van der Waals surface area contributed by atoms with Gasteiger partial charge in [0.1, 0.15) is 0 Å². The smallest absolute Gasteiger partial charge is 0.253 e. The van der Waals surface area contributed by atoms with Crippen molar-refractivity contribution in [2.24, 2.45) is 0 Å². The van der Waals surface area contributed by atoms with Crippen LogP contribution in [0.25, 0.3) is 0 Å². The van der Waals surface area contributed by atoms with Crippen molar-refractivity contribution in [3.63, 3.8) is 0 Å². The maximum atomic E-state index is 12.4. The molecule has 0 saturated carbocycles. The van der Waals surface area contributed by atoms with Crippen LogP contribution in [0, 0.1) is 6.92 Å². The molecule has 20 heavy (non-hydrogen) atoms. The van der Waals surface area contributed by atoms with Crippen LogP contribution in [0.1, 0.15) is 27.3 Å². The molecule has 1 heterocycles. The quantitative estimate of drug-likeness (QED) is 0.808. The minimum Gasteiger partial charge on any atom is -0.336 e. The van der Waals surface area contributed by atoms with Gasteiger partial charge in [-0.25, -0.2) is 0 Å². The normalized spacial score (nSPS) is 10.3. The molecule has 0 aliphatic rings. The number of rotatable bonds is 4. The van der Waals surface area contributed by atoms with Crippen molar-refractivity contribution in [2.45, 2.75) is 19.3 Å².